The summed E-state index contributed by atoms with van der Waals surface area (Å²) in [6, 6.07) is 6.30. The van der Waals surface area contributed by atoms with Crippen molar-refractivity contribution in [3.63, 3.8) is 0 Å². The largest absolute Gasteiger partial charge is 0.319 e. The van der Waals surface area contributed by atoms with Gasteiger partial charge in [-0.25, -0.2) is 0 Å². The number of aryl methyl sites for hydroxylation is 2. The van der Waals surface area contributed by atoms with E-state index in [0.29, 0.717) is 6.42 Å². The molecule has 4 heteroatoms. The Hall–Kier alpha value is -1.42. The Morgan fingerprint density at radius 2 is 2.16 bits per heavy atom. The van der Waals surface area contributed by atoms with Crippen LogP contribution in [0.5, 0.6) is 0 Å². The molecule has 0 bridgehead atoms. The molecule has 0 fully saturated rings. The summed E-state index contributed by atoms with van der Waals surface area (Å²) in [5, 5.41) is 0. The van der Waals surface area contributed by atoms with E-state index in [9.17, 15) is 4.79 Å². The van der Waals surface area contributed by atoms with Crippen molar-refractivity contribution in [1.29, 1.82) is 0 Å². The molecule has 3 nitrogen and oxygen atoms in total. The first-order valence-corrected chi connectivity index (χ1v) is 7.64. The molecule has 1 heterocycles. The SMILES string of the molecule is CCCCC(=O)N=c1sc2cccc(CC)c2n1C. The average Bonchev–Trinajstić information content (AvgIpc) is 2.73. The molecular weight excluding hydrogens is 256 g/mol. The van der Waals surface area contributed by atoms with Gasteiger partial charge in [-0.2, -0.15) is 4.99 Å². The van der Waals surface area contributed by atoms with Crippen molar-refractivity contribution >= 4 is 27.5 Å². The number of carbonyl (C=O) groups is 1. The molecule has 0 aliphatic rings. The number of unbranched alkanes of at least 4 members (excludes halogenated alkanes) is 1. The molecule has 0 spiro atoms. The van der Waals surface area contributed by atoms with Crippen LogP contribution in [0.3, 0.4) is 0 Å². The van der Waals surface area contributed by atoms with Crippen LogP contribution < -0.4 is 4.80 Å². The molecule has 0 atom stereocenters. The number of nitrogens with zero attached hydrogens (tertiary/aromatic N) is 2. The molecule has 0 N–H and O–H groups in total. The topological polar surface area (TPSA) is 34.4 Å². The predicted octanol–water partition coefficient (Wildman–Crippen LogP) is 3.42. The molecule has 0 saturated carbocycles. The minimum absolute atomic E-state index is 0.0120. The third-order valence-corrected chi connectivity index (χ3v) is 4.35. The van der Waals surface area contributed by atoms with Crippen molar-refractivity contribution in [2.75, 3.05) is 0 Å². The van der Waals surface area contributed by atoms with Crippen LogP contribution in [0.25, 0.3) is 10.2 Å². The summed E-state index contributed by atoms with van der Waals surface area (Å²) in [5.74, 6) is -0.0120. The van der Waals surface area contributed by atoms with Crippen molar-refractivity contribution in [3.8, 4) is 0 Å². The fraction of sp³-hybridized carbons (Fsp3) is 0.467. The lowest BCUT2D eigenvalue weighted by Gasteiger charge is -2.01. The summed E-state index contributed by atoms with van der Waals surface area (Å²) in [7, 11) is 1.99. The minimum atomic E-state index is -0.0120. The number of aromatic nitrogens is 1. The molecule has 0 unspecified atom stereocenters. The van der Waals surface area contributed by atoms with E-state index in [4.69, 9.17) is 0 Å². The van der Waals surface area contributed by atoms with E-state index in [-0.39, 0.29) is 5.91 Å². The molecular formula is C15H20N2OS. The van der Waals surface area contributed by atoms with Crippen LogP contribution in [-0.4, -0.2) is 10.5 Å². The molecule has 102 valence electrons. The van der Waals surface area contributed by atoms with Gasteiger partial charge in [0, 0.05) is 13.5 Å². The number of thiazole rings is 1. The molecule has 0 saturated heterocycles. The van der Waals surface area contributed by atoms with E-state index in [0.717, 1.165) is 24.1 Å². The lowest BCUT2D eigenvalue weighted by molar-refractivity contribution is -0.118. The maximum Gasteiger partial charge on any atom is 0.248 e. The molecule has 0 radical (unpaired) electrons. The second kappa shape index (κ2) is 6.15. The summed E-state index contributed by atoms with van der Waals surface area (Å²) in [5.41, 5.74) is 2.51. The summed E-state index contributed by atoms with van der Waals surface area (Å²) in [6.45, 7) is 4.23. The number of hydrogen-bond acceptors (Lipinski definition) is 2. The first-order valence-electron chi connectivity index (χ1n) is 6.82. The lowest BCUT2D eigenvalue weighted by Crippen LogP contribution is -2.13. The quantitative estimate of drug-likeness (QED) is 0.842. The highest BCUT2D eigenvalue weighted by Gasteiger charge is 2.07. The number of hydrogen-bond donors (Lipinski definition) is 0. The van der Waals surface area contributed by atoms with Gasteiger partial charge in [-0.1, -0.05) is 43.7 Å². The maximum absolute atomic E-state index is 11.8. The standard InChI is InChI=1S/C15H20N2OS/c1-4-6-10-13(18)16-15-17(3)14-11(5-2)8-7-9-12(14)19-15/h7-9H,4-6,10H2,1-3H3. The predicted molar refractivity (Wildman–Crippen MR) is 80.3 cm³/mol. The van der Waals surface area contributed by atoms with Gasteiger partial charge >= 0.3 is 0 Å². The fourth-order valence-electron chi connectivity index (χ4n) is 2.17. The average molecular weight is 276 g/mol. The van der Waals surface area contributed by atoms with Gasteiger partial charge in [-0.15, -0.1) is 0 Å². The Balaban J connectivity index is 2.48. The van der Waals surface area contributed by atoms with Crippen molar-refractivity contribution in [2.24, 2.45) is 12.0 Å². The molecule has 1 aromatic carbocycles. The van der Waals surface area contributed by atoms with Crippen LogP contribution in [-0.2, 0) is 18.3 Å². The van der Waals surface area contributed by atoms with Gasteiger partial charge in [0.1, 0.15) is 0 Å². The second-order valence-corrected chi connectivity index (χ2v) is 5.68. The van der Waals surface area contributed by atoms with Crippen LogP contribution in [0.1, 0.15) is 38.7 Å². The van der Waals surface area contributed by atoms with E-state index < -0.39 is 0 Å². The number of para-hydroxylation sites is 1. The molecule has 2 aromatic rings. The van der Waals surface area contributed by atoms with Crippen LogP contribution in [0.15, 0.2) is 23.2 Å². The van der Waals surface area contributed by atoms with Crippen LogP contribution in [0, 0.1) is 0 Å². The Bertz CT molecular complexity index is 652. The second-order valence-electron chi connectivity index (χ2n) is 4.67. The van der Waals surface area contributed by atoms with E-state index in [1.54, 1.807) is 11.3 Å². The molecule has 1 amide bonds. The van der Waals surface area contributed by atoms with Gasteiger partial charge in [-0.3, -0.25) is 4.79 Å². The normalized spacial score (nSPS) is 12.3. The molecule has 2 rings (SSSR count). The Morgan fingerprint density at radius 3 is 2.84 bits per heavy atom. The maximum atomic E-state index is 11.8. The zero-order valence-corrected chi connectivity index (χ0v) is 12.6. The van der Waals surface area contributed by atoms with E-state index in [1.165, 1.54) is 15.8 Å². The van der Waals surface area contributed by atoms with E-state index in [2.05, 4.69) is 37.0 Å². The highest BCUT2D eigenvalue weighted by atomic mass is 32.1. The van der Waals surface area contributed by atoms with Crippen LogP contribution >= 0.6 is 11.3 Å². The molecule has 19 heavy (non-hydrogen) atoms. The Kier molecular flexibility index (Phi) is 4.53. The number of carbonyl (C=O) groups excluding carboxylic acids is 1. The molecule has 0 aliphatic carbocycles. The van der Waals surface area contributed by atoms with Crippen LogP contribution in [0.2, 0.25) is 0 Å². The lowest BCUT2D eigenvalue weighted by atomic mass is 10.1. The van der Waals surface area contributed by atoms with Crippen molar-refractivity contribution < 1.29 is 4.79 Å². The third kappa shape index (κ3) is 2.95. The first kappa shape index (κ1) is 14.0. The zero-order valence-electron chi connectivity index (χ0n) is 11.8. The zero-order chi connectivity index (χ0) is 13.8. The number of amides is 1. The summed E-state index contributed by atoms with van der Waals surface area (Å²) < 4.78 is 3.24. The van der Waals surface area contributed by atoms with Gasteiger partial charge < -0.3 is 4.57 Å². The fourth-order valence-corrected chi connectivity index (χ4v) is 3.25. The van der Waals surface area contributed by atoms with E-state index in [1.807, 2.05) is 11.6 Å². The first-order chi connectivity index (χ1) is 9.17. The summed E-state index contributed by atoms with van der Waals surface area (Å²) in [4.78, 5) is 16.8. The van der Waals surface area contributed by atoms with E-state index >= 15 is 0 Å². The van der Waals surface area contributed by atoms with Crippen LogP contribution in [0.4, 0.5) is 0 Å². The highest BCUT2D eigenvalue weighted by Crippen LogP contribution is 2.21. The summed E-state index contributed by atoms with van der Waals surface area (Å²) in [6.07, 6.45) is 3.48. The van der Waals surface area contributed by atoms with Crippen molar-refractivity contribution in [2.45, 2.75) is 39.5 Å². The van der Waals surface area contributed by atoms with Gasteiger partial charge in [0.05, 0.1) is 10.2 Å². The van der Waals surface area contributed by atoms with Gasteiger partial charge in [-0.05, 0) is 24.5 Å². The number of fused-ring (bicyclic) bond motifs is 1. The minimum Gasteiger partial charge on any atom is -0.319 e. The number of benzene rings is 1. The highest BCUT2D eigenvalue weighted by molar-refractivity contribution is 7.16. The molecule has 0 aliphatic heterocycles. The number of rotatable bonds is 4. The van der Waals surface area contributed by atoms with Crippen molar-refractivity contribution in [1.82, 2.24) is 4.57 Å². The summed E-state index contributed by atoms with van der Waals surface area (Å²) >= 11 is 1.59. The smallest absolute Gasteiger partial charge is 0.248 e. The molecule has 1 aromatic heterocycles. The van der Waals surface area contributed by atoms with Gasteiger partial charge in [0.15, 0.2) is 4.80 Å². The Morgan fingerprint density at radius 1 is 1.37 bits per heavy atom. The third-order valence-electron chi connectivity index (χ3n) is 3.25. The monoisotopic (exact) mass is 276 g/mol. The van der Waals surface area contributed by atoms with Crippen molar-refractivity contribution in [3.05, 3.63) is 28.6 Å². The Labute approximate surface area is 117 Å². The van der Waals surface area contributed by atoms with Gasteiger partial charge in [0.2, 0.25) is 5.91 Å². The van der Waals surface area contributed by atoms with Gasteiger partial charge in [0.25, 0.3) is 0 Å².